The number of nitrogens with one attached hydrogen (secondary N) is 1. The second-order valence-electron chi connectivity index (χ2n) is 6.30. The van der Waals surface area contributed by atoms with Crippen LogP contribution in [0.15, 0.2) is 28.7 Å². The first-order valence-corrected chi connectivity index (χ1v) is 8.21. The summed E-state index contributed by atoms with van der Waals surface area (Å²) in [6.45, 7) is 3.95. The van der Waals surface area contributed by atoms with Gasteiger partial charge < -0.3 is 14.5 Å². The fraction of sp³-hybridized carbons (Fsp3) is 0.556. The van der Waals surface area contributed by atoms with Crippen LogP contribution < -0.4 is 5.32 Å². The van der Waals surface area contributed by atoms with E-state index in [-0.39, 0.29) is 0 Å². The predicted octanol–water partition coefficient (Wildman–Crippen LogP) is 3.65. The van der Waals surface area contributed by atoms with Crippen LogP contribution in [-0.2, 0) is 17.7 Å². The molecule has 3 heteroatoms. The second-order valence-corrected chi connectivity index (χ2v) is 6.30. The highest BCUT2D eigenvalue weighted by molar-refractivity contribution is 5.82. The van der Waals surface area contributed by atoms with Crippen LogP contribution in [0, 0.1) is 5.92 Å². The summed E-state index contributed by atoms with van der Waals surface area (Å²) in [4.78, 5) is 0. The van der Waals surface area contributed by atoms with Crippen LogP contribution in [0.3, 0.4) is 0 Å². The van der Waals surface area contributed by atoms with Crippen molar-refractivity contribution in [2.75, 3.05) is 6.61 Å². The zero-order valence-corrected chi connectivity index (χ0v) is 12.6. The van der Waals surface area contributed by atoms with Crippen LogP contribution in [-0.4, -0.2) is 18.8 Å². The summed E-state index contributed by atoms with van der Waals surface area (Å²) in [5.74, 6) is 1.92. The number of hydrogen-bond donors (Lipinski definition) is 1. The Labute approximate surface area is 125 Å². The van der Waals surface area contributed by atoms with Crippen LogP contribution in [0.25, 0.3) is 11.0 Å². The van der Waals surface area contributed by atoms with Crippen LogP contribution in [0.1, 0.15) is 37.5 Å². The van der Waals surface area contributed by atoms with Crippen LogP contribution >= 0.6 is 0 Å². The lowest BCUT2D eigenvalue weighted by Crippen LogP contribution is -2.37. The topological polar surface area (TPSA) is 34.4 Å². The summed E-state index contributed by atoms with van der Waals surface area (Å²) >= 11 is 0. The minimum absolute atomic E-state index is 0.438. The molecule has 1 aliphatic heterocycles. The molecule has 1 saturated carbocycles. The molecule has 112 valence electrons. The van der Waals surface area contributed by atoms with Crippen molar-refractivity contribution >= 4 is 11.0 Å². The van der Waals surface area contributed by atoms with Gasteiger partial charge in [0.2, 0.25) is 0 Å². The number of rotatable bonds is 5. The van der Waals surface area contributed by atoms with E-state index in [0.717, 1.165) is 43.3 Å². The first-order chi connectivity index (χ1) is 10.4. The molecule has 0 bridgehead atoms. The van der Waals surface area contributed by atoms with Gasteiger partial charge in [-0.15, -0.1) is 0 Å². The van der Waals surface area contributed by atoms with Crippen molar-refractivity contribution in [2.45, 2.75) is 51.3 Å². The van der Waals surface area contributed by atoms with E-state index in [0.29, 0.717) is 12.1 Å². The van der Waals surface area contributed by atoms with Crippen molar-refractivity contribution in [3.8, 4) is 0 Å². The van der Waals surface area contributed by atoms with Gasteiger partial charge in [-0.2, -0.15) is 0 Å². The first kappa shape index (κ1) is 13.4. The molecule has 1 aromatic carbocycles. The third-order valence-electron chi connectivity index (χ3n) is 4.87. The van der Waals surface area contributed by atoms with Crippen LogP contribution in [0.5, 0.6) is 0 Å². The Balaban J connectivity index is 1.53. The van der Waals surface area contributed by atoms with Crippen molar-refractivity contribution in [1.82, 2.24) is 5.32 Å². The third kappa shape index (κ3) is 2.49. The second kappa shape index (κ2) is 5.47. The van der Waals surface area contributed by atoms with Gasteiger partial charge in [0.1, 0.15) is 11.3 Å². The van der Waals surface area contributed by atoms with Gasteiger partial charge in [0.25, 0.3) is 0 Å². The third-order valence-corrected chi connectivity index (χ3v) is 4.87. The number of benzene rings is 1. The van der Waals surface area contributed by atoms with Crippen molar-refractivity contribution in [3.63, 3.8) is 0 Å². The zero-order valence-electron chi connectivity index (χ0n) is 12.6. The zero-order chi connectivity index (χ0) is 14.2. The van der Waals surface area contributed by atoms with Gasteiger partial charge in [-0.1, -0.05) is 25.1 Å². The van der Waals surface area contributed by atoms with Crippen molar-refractivity contribution in [2.24, 2.45) is 5.92 Å². The molecule has 1 saturated heterocycles. The fourth-order valence-corrected chi connectivity index (χ4v) is 3.58. The first-order valence-electron chi connectivity index (χ1n) is 8.21. The van der Waals surface area contributed by atoms with Gasteiger partial charge in [0, 0.05) is 36.6 Å². The molecule has 2 heterocycles. The highest BCUT2D eigenvalue weighted by atomic mass is 16.5. The Hall–Kier alpha value is -1.32. The van der Waals surface area contributed by atoms with E-state index in [1.165, 1.54) is 23.8 Å². The van der Waals surface area contributed by atoms with Gasteiger partial charge in [-0.05, 0) is 31.2 Å². The number of hydrogen-bond acceptors (Lipinski definition) is 3. The monoisotopic (exact) mass is 285 g/mol. The molecule has 2 atom stereocenters. The lowest BCUT2D eigenvalue weighted by molar-refractivity contribution is 0.0808. The van der Waals surface area contributed by atoms with E-state index in [1.54, 1.807) is 0 Å². The quantitative estimate of drug-likeness (QED) is 0.910. The lowest BCUT2D eigenvalue weighted by Gasteiger charge is -2.19. The lowest BCUT2D eigenvalue weighted by atomic mass is 10.0. The molecule has 2 aliphatic rings. The molecule has 0 spiro atoms. The fourth-order valence-electron chi connectivity index (χ4n) is 3.58. The van der Waals surface area contributed by atoms with Gasteiger partial charge in [-0.3, -0.25) is 0 Å². The maximum atomic E-state index is 5.98. The van der Waals surface area contributed by atoms with E-state index in [4.69, 9.17) is 9.15 Å². The average Bonchev–Trinajstić information content (AvgIpc) is 3.14. The summed E-state index contributed by atoms with van der Waals surface area (Å²) in [7, 11) is 0. The van der Waals surface area contributed by atoms with Crippen LogP contribution in [0.4, 0.5) is 0 Å². The number of fused-ring (bicyclic) bond motifs is 1. The molecule has 1 aromatic heterocycles. The molecule has 1 aliphatic carbocycles. The SMILES string of the molecule is CCc1oc2ccccc2c1CNC1CCOC1C1CC1. The highest BCUT2D eigenvalue weighted by Gasteiger charge is 2.40. The molecule has 2 unspecified atom stereocenters. The number of aryl methyl sites for hydroxylation is 1. The number of para-hydroxylation sites is 1. The Bertz CT molecular complexity index is 629. The van der Waals surface area contributed by atoms with Crippen molar-refractivity contribution < 1.29 is 9.15 Å². The molecule has 1 N–H and O–H groups in total. The highest BCUT2D eigenvalue weighted by Crippen LogP contribution is 2.39. The van der Waals surface area contributed by atoms with Crippen LogP contribution in [0.2, 0.25) is 0 Å². The molecule has 3 nitrogen and oxygen atoms in total. The summed E-state index contributed by atoms with van der Waals surface area (Å²) in [5.41, 5.74) is 2.34. The Morgan fingerprint density at radius 3 is 2.86 bits per heavy atom. The molecular weight excluding hydrogens is 262 g/mol. The predicted molar refractivity (Wildman–Crippen MR) is 83.3 cm³/mol. The Kier molecular flexibility index (Phi) is 3.48. The van der Waals surface area contributed by atoms with E-state index in [1.807, 2.05) is 6.07 Å². The van der Waals surface area contributed by atoms with Gasteiger partial charge in [0.15, 0.2) is 0 Å². The summed E-state index contributed by atoms with van der Waals surface area (Å²) in [6.07, 6.45) is 5.21. The molecule has 21 heavy (non-hydrogen) atoms. The summed E-state index contributed by atoms with van der Waals surface area (Å²) < 4.78 is 11.9. The van der Waals surface area contributed by atoms with Crippen molar-refractivity contribution in [1.29, 1.82) is 0 Å². The number of ether oxygens (including phenoxy) is 1. The van der Waals surface area contributed by atoms with Gasteiger partial charge in [-0.25, -0.2) is 0 Å². The maximum Gasteiger partial charge on any atom is 0.134 e. The average molecular weight is 285 g/mol. The summed E-state index contributed by atoms with van der Waals surface area (Å²) in [6, 6.07) is 8.86. The minimum atomic E-state index is 0.438. The van der Waals surface area contributed by atoms with Crippen molar-refractivity contribution in [3.05, 3.63) is 35.6 Å². The van der Waals surface area contributed by atoms with E-state index in [9.17, 15) is 0 Å². The Morgan fingerprint density at radius 1 is 1.19 bits per heavy atom. The van der Waals surface area contributed by atoms with E-state index < -0.39 is 0 Å². The largest absolute Gasteiger partial charge is 0.461 e. The Morgan fingerprint density at radius 2 is 2.05 bits per heavy atom. The molecule has 0 amide bonds. The molecular formula is C18H23NO2. The normalized spacial score (nSPS) is 25.8. The molecule has 2 aromatic rings. The molecule has 2 fully saturated rings. The minimum Gasteiger partial charge on any atom is -0.461 e. The van der Waals surface area contributed by atoms with E-state index in [2.05, 4.69) is 30.4 Å². The van der Waals surface area contributed by atoms with Gasteiger partial charge in [0.05, 0.1) is 6.10 Å². The number of furan rings is 1. The maximum absolute atomic E-state index is 5.98. The smallest absolute Gasteiger partial charge is 0.134 e. The molecule has 4 rings (SSSR count). The van der Waals surface area contributed by atoms with Gasteiger partial charge >= 0.3 is 0 Å². The summed E-state index contributed by atoms with van der Waals surface area (Å²) in [5, 5.41) is 4.99. The standard InChI is InChI=1S/C18H23NO2/c1-2-16-14(13-5-3-4-6-17(13)21-16)11-19-15-9-10-20-18(15)12-7-8-12/h3-6,12,15,18-19H,2,7-11H2,1H3. The molecule has 0 radical (unpaired) electrons. The van der Waals surface area contributed by atoms with E-state index >= 15 is 0 Å².